The van der Waals surface area contributed by atoms with Crippen molar-refractivity contribution in [3.63, 3.8) is 0 Å². The molecule has 2 atom stereocenters. The average Bonchev–Trinajstić information content (AvgIpc) is 2.02. The van der Waals surface area contributed by atoms with Crippen LogP contribution >= 0.6 is 0 Å². The lowest BCUT2D eigenvalue weighted by Crippen LogP contribution is -2.42. The number of hydroxylamine groups is 1. The summed E-state index contributed by atoms with van der Waals surface area (Å²) < 4.78 is 28.3. The van der Waals surface area contributed by atoms with Gasteiger partial charge in [0, 0.05) is 20.9 Å². The number of hydrogen-bond donors (Lipinski definition) is 1. The van der Waals surface area contributed by atoms with Crippen molar-refractivity contribution < 1.29 is 17.8 Å². The summed E-state index contributed by atoms with van der Waals surface area (Å²) >= 11 is -2.92. The maximum Gasteiger partial charge on any atom is 0.234 e. The zero-order valence-electron chi connectivity index (χ0n) is 9.95. The van der Waals surface area contributed by atoms with Crippen LogP contribution in [0.2, 0.25) is 0 Å². The monoisotopic (exact) mass is 257 g/mol. The molecular weight excluding hydrogens is 238 g/mol. The van der Waals surface area contributed by atoms with Gasteiger partial charge in [0.1, 0.15) is 0 Å². The lowest BCUT2D eigenvalue weighted by molar-refractivity contribution is -0.0249. The molecule has 0 aliphatic heterocycles. The van der Waals surface area contributed by atoms with Crippen LogP contribution in [-0.4, -0.2) is 31.9 Å². The molecule has 1 N–H and O–H groups in total. The van der Waals surface area contributed by atoms with Crippen molar-refractivity contribution in [1.29, 1.82) is 0 Å². The van der Waals surface area contributed by atoms with E-state index in [-0.39, 0.29) is 0 Å². The Morgan fingerprint density at radius 2 is 1.80 bits per heavy atom. The second-order valence-electron chi connectivity index (χ2n) is 3.88. The summed E-state index contributed by atoms with van der Waals surface area (Å²) in [6, 6.07) is 0. The standard InChI is InChI=1S/C8H19NO4S2/c1-7(2,12-9-5)15(11)13-8(3,4)14(6)10/h9H,1-6H3. The van der Waals surface area contributed by atoms with Crippen LogP contribution in [0.25, 0.3) is 0 Å². The summed E-state index contributed by atoms with van der Waals surface area (Å²) in [6.07, 6.45) is 1.50. The summed E-state index contributed by atoms with van der Waals surface area (Å²) in [7, 11) is 1.57. The zero-order valence-corrected chi connectivity index (χ0v) is 11.6. The lowest BCUT2D eigenvalue weighted by Gasteiger charge is -2.29. The molecule has 0 aliphatic carbocycles. The Balaban J connectivity index is 4.49. The third kappa shape index (κ3) is 4.80. The normalized spacial score (nSPS) is 17.5. The third-order valence-electron chi connectivity index (χ3n) is 1.72. The van der Waals surface area contributed by atoms with Gasteiger partial charge in [0.2, 0.25) is 4.93 Å². The van der Waals surface area contributed by atoms with E-state index in [9.17, 15) is 8.76 Å². The predicted octanol–water partition coefficient (Wildman–Crippen LogP) is 0.668. The van der Waals surface area contributed by atoms with Gasteiger partial charge in [-0.3, -0.25) is 4.84 Å². The van der Waals surface area contributed by atoms with Gasteiger partial charge in [-0.15, -0.1) is 0 Å². The minimum atomic E-state index is -1.70. The first-order valence-corrected chi connectivity index (χ1v) is 7.06. The van der Waals surface area contributed by atoms with Gasteiger partial charge in [-0.1, -0.05) is 0 Å². The first kappa shape index (κ1) is 15.3. The number of nitrogens with one attached hydrogen (secondary N) is 1. The Kier molecular flexibility index (Phi) is 5.73. The van der Waals surface area contributed by atoms with E-state index in [1.54, 1.807) is 34.7 Å². The van der Waals surface area contributed by atoms with Crippen molar-refractivity contribution in [2.45, 2.75) is 37.6 Å². The fourth-order valence-corrected chi connectivity index (χ4v) is 1.90. The molecular formula is C8H19NO4S2. The molecule has 0 aromatic heterocycles. The second-order valence-corrected chi connectivity index (χ2v) is 7.39. The molecule has 7 heteroatoms. The molecule has 0 radical (unpaired) electrons. The highest BCUT2D eigenvalue weighted by atomic mass is 32.2. The van der Waals surface area contributed by atoms with Gasteiger partial charge < -0.3 is 4.55 Å². The van der Waals surface area contributed by atoms with Gasteiger partial charge in [0.15, 0.2) is 16.0 Å². The Morgan fingerprint density at radius 3 is 2.13 bits per heavy atom. The van der Waals surface area contributed by atoms with Gasteiger partial charge in [-0.25, -0.2) is 13.9 Å². The van der Waals surface area contributed by atoms with Gasteiger partial charge in [0.25, 0.3) is 0 Å². The molecule has 92 valence electrons. The molecule has 5 nitrogen and oxygen atoms in total. The maximum absolute atomic E-state index is 11.8. The minimum absolute atomic E-state index is 0.959. The van der Waals surface area contributed by atoms with E-state index in [2.05, 4.69) is 5.48 Å². The fourth-order valence-electron chi connectivity index (χ4n) is 0.610. The fraction of sp³-hybridized carbons (Fsp3) is 1.00. The largest absolute Gasteiger partial charge is 0.614 e. The average molecular weight is 257 g/mol. The molecule has 0 aromatic carbocycles. The summed E-state index contributed by atoms with van der Waals surface area (Å²) in [5.74, 6) is 0. The van der Waals surface area contributed by atoms with Crippen molar-refractivity contribution in [2.75, 3.05) is 13.3 Å². The Bertz CT molecular complexity index is 231. The quantitative estimate of drug-likeness (QED) is 0.559. The van der Waals surface area contributed by atoms with E-state index in [4.69, 9.17) is 9.02 Å². The summed E-state index contributed by atoms with van der Waals surface area (Å²) in [6.45, 7) is 6.48. The highest BCUT2D eigenvalue weighted by Gasteiger charge is 2.38. The van der Waals surface area contributed by atoms with Crippen LogP contribution in [-0.2, 0) is 31.3 Å². The van der Waals surface area contributed by atoms with Crippen LogP contribution < -0.4 is 5.48 Å². The van der Waals surface area contributed by atoms with Crippen LogP contribution in [0.15, 0.2) is 0 Å². The molecule has 0 aliphatic rings. The van der Waals surface area contributed by atoms with Crippen molar-refractivity contribution in [3.05, 3.63) is 0 Å². The molecule has 15 heavy (non-hydrogen) atoms. The van der Waals surface area contributed by atoms with Crippen molar-refractivity contribution in [3.8, 4) is 0 Å². The van der Waals surface area contributed by atoms with E-state index in [1.165, 1.54) is 6.26 Å². The van der Waals surface area contributed by atoms with E-state index in [0.29, 0.717) is 0 Å². The van der Waals surface area contributed by atoms with Gasteiger partial charge in [-0.05, 0) is 25.0 Å². The molecule has 0 spiro atoms. The number of hydrogen-bond acceptors (Lipinski definition) is 5. The van der Waals surface area contributed by atoms with E-state index in [1.807, 2.05) is 0 Å². The zero-order chi connectivity index (χ0) is 12.3. The first-order chi connectivity index (χ1) is 6.63. The SMILES string of the molecule is CNOC(C)(C)S(=O)OC(C)(C)[S+](C)[O-]. The van der Waals surface area contributed by atoms with Crippen LogP contribution in [0.5, 0.6) is 0 Å². The molecule has 0 fully saturated rings. The van der Waals surface area contributed by atoms with Crippen LogP contribution in [0.1, 0.15) is 27.7 Å². The highest BCUT2D eigenvalue weighted by molar-refractivity contribution is 7.92. The second kappa shape index (κ2) is 5.60. The van der Waals surface area contributed by atoms with Gasteiger partial charge >= 0.3 is 0 Å². The van der Waals surface area contributed by atoms with Crippen LogP contribution in [0, 0.1) is 0 Å². The van der Waals surface area contributed by atoms with E-state index >= 15 is 0 Å². The highest BCUT2D eigenvalue weighted by Crippen LogP contribution is 2.24. The predicted molar refractivity (Wildman–Crippen MR) is 61.6 cm³/mol. The van der Waals surface area contributed by atoms with E-state index < -0.39 is 32.1 Å². The molecule has 0 rings (SSSR count). The van der Waals surface area contributed by atoms with Crippen molar-refractivity contribution >= 4 is 22.3 Å². The van der Waals surface area contributed by atoms with E-state index in [0.717, 1.165) is 0 Å². The summed E-state index contributed by atoms with van der Waals surface area (Å²) in [4.78, 5) is 3.09. The molecule has 0 amide bonds. The summed E-state index contributed by atoms with van der Waals surface area (Å²) in [5, 5.41) is 0. The Morgan fingerprint density at radius 1 is 1.33 bits per heavy atom. The van der Waals surface area contributed by atoms with Crippen LogP contribution in [0.3, 0.4) is 0 Å². The van der Waals surface area contributed by atoms with Gasteiger partial charge in [0.05, 0.1) is 6.26 Å². The maximum atomic E-state index is 11.8. The molecule has 0 saturated carbocycles. The molecule has 0 bridgehead atoms. The Labute approximate surface area is 96.7 Å². The molecule has 0 heterocycles. The molecule has 0 saturated heterocycles. The van der Waals surface area contributed by atoms with Gasteiger partial charge in [-0.2, -0.15) is 0 Å². The molecule has 2 unspecified atom stereocenters. The Hall–Kier alpha value is 0.340. The van der Waals surface area contributed by atoms with Crippen molar-refractivity contribution in [1.82, 2.24) is 5.48 Å². The lowest BCUT2D eigenvalue weighted by atomic mass is 10.5. The first-order valence-electron chi connectivity index (χ1n) is 4.43. The minimum Gasteiger partial charge on any atom is -0.614 e. The molecule has 0 aromatic rings. The summed E-state index contributed by atoms with van der Waals surface area (Å²) in [5.41, 5.74) is 2.45. The smallest absolute Gasteiger partial charge is 0.234 e. The number of rotatable bonds is 6. The van der Waals surface area contributed by atoms with Crippen LogP contribution in [0.4, 0.5) is 0 Å². The topological polar surface area (TPSA) is 70.6 Å². The third-order valence-corrected chi connectivity index (χ3v) is 4.75. The van der Waals surface area contributed by atoms with Crippen molar-refractivity contribution in [2.24, 2.45) is 0 Å².